The van der Waals surface area contributed by atoms with Gasteiger partial charge < -0.3 is 5.32 Å². The third kappa shape index (κ3) is 3.90. The number of carbonyl (C=O) groups excluding carboxylic acids is 1. The van der Waals surface area contributed by atoms with Crippen molar-refractivity contribution in [3.63, 3.8) is 0 Å². The zero-order chi connectivity index (χ0) is 18.5. The van der Waals surface area contributed by atoms with E-state index in [1.54, 1.807) is 35.9 Å². The predicted molar refractivity (Wildman–Crippen MR) is 99.0 cm³/mol. The Morgan fingerprint density at radius 2 is 2.08 bits per heavy atom. The number of nitrogens with one attached hydrogen (secondary N) is 1. The first-order chi connectivity index (χ1) is 12.6. The number of rotatable bonds is 5. The van der Waals surface area contributed by atoms with Crippen LogP contribution in [0, 0.1) is 18.3 Å². The highest BCUT2D eigenvalue weighted by Gasteiger charge is 2.20. The molecule has 0 fully saturated rings. The summed E-state index contributed by atoms with van der Waals surface area (Å²) in [5.41, 5.74) is 2.98. The first-order valence-corrected chi connectivity index (χ1v) is 8.78. The van der Waals surface area contributed by atoms with Crippen molar-refractivity contribution >= 4 is 23.4 Å². The number of nitriles is 1. The van der Waals surface area contributed by atoms with Crippen molar-refractivity contribution in [1.82, 2.24) is 20.2 Å². The summed E-state index contributed by atoms with van der Waals surface area (Å²) < 4.78 is 1.63. The minimum Gasteiger partial charge on any atom is -0.325 e. The van der Waals surface area contributed by atoms with Crippen LogP contribution in [0.4, 0.5) is 5.69 Å². The molecule has 1 aromatic heterocycles. The number of aromatic nitrogens is 4. The van der Waals surface area contributed by atoms with Crippen molar-refractivity contribution in [3.8, 4) is 11.8 Å². The number of aryl methyl sites for hydroxylation is 1. The number of hydrogen-bond donors (Lipinski definition) is 1. The Balaban J connectivity index is 1.73. The maximum absolute atomic E-state index is 12.5. The summed E-state index contributed by atoms with van der Waals surface area (Å²) in [5.74, 6) is -0.190. The van der Waals surface area contributed by atoms with Gasteiger partial charge in [-0.3, -0.25) is 4.79 Å². The van der Waals surface area contributed by atoms with Gasteiger partial charge in [-0.05, 0) is 54.1 Å². The molecule has 0 saturated heterocycles. The number of tetrazole rings is 1. The number of para-hydroxylation sites is 1. The van der Waals surface area contributed by atoms with Gasteiger partial charge in [0.05, 0.1) is 22.6 Å². The highest BCUT2D eigenvalue weighted by molar-refractivity contribution is 8.00. The van der Waals surface area contributed by atoms with Gasteiger partial charge in [-0.25, -0.2) is 0 Å². The van der Waals surface area contributed by atoms with Gasteiger partial charge in [0, 0.05) is 5.69 Å². The summed E-state index contributed by atoms with van der Waals surface area (Å²) in [6.45, 7) is 3.76. The molecule has 1 amide bonds. The van der Waals surface area contributed by atoms with E-state index in [0.717, 1.165) is 11.3 Å². The van der Waals surface area contributed by atoms with Crippen LogP contribution in [0.2, 0.25) is 0 Å². The van der Waals surface area contributed by atoms with E-state index in [1.165, 1.54) is 11.8 Å². The largest absolute Gasteiger partial charge is 0.325 e. The fourth-order valence-corrected chi connectivity index (χ4v) is 3.13. The molecule has 0 radical (unpaired) electrons. The molecular weight excluding hydrogens is 348 g/mol. The molecule has 0 spiro atoms. The topological polar surface area (TPSA) is 96.5 Å². The van der Waals surface area contributed by atoms with E-state index in [0.29, 0.717) is 16.4 Å². The van der Waals surface area contributed by atoms with Crippen LogP contribution in [-0.4, -0.2) is 31.4 Å². The number of benzene rings is 2. The van der Waals surface area contributed by atoms with Crippen molar-refractivity contribution in [2.24, 2.45) is 0 Å². The third-order valence-corrected chi connectivity index (χ3v) is 4.73. The van der Waals surface area contributed by atoms with Gasteiger partial charge in [-0.15, -0.1) is 5.10 Å². The van der Waals surface area contributed by atoms with Crippen LogP contribution in [0.15, 0.2) is 53.7 Å². The molecule has 0 aliphatic carbocycles. The van der Waals surface area contributed by atoms with Gasteiger partial charge in [0.25, 0.3) is 0 Å². The molecule has 26 heavy (non-hydrogen) atoms. The molecule has 1 N–H and O–H groups in total. The van der Waals surface area contributed by atoms with Crippen molar-refractivity contribution < 1.29 is 4.79 Å². The molecule has 0 aliphatic rings. The van der Waals surface area contributed by atoms with Gasteiger partial charge in [0.1, 0.15) is 0 Å². The quantitative estimate of drug-likeness (QED) is 0.699. The average molecular weight is 364 g/mol. The van der Waals surface area contributed by atoms with E-state index in [9.17, 15) is 4.79 Å². The lowest BCUT2D eigenvalue weighted by Gasteiger charge is -2.12. The first-order valence-electron chi connectivity index (χ1n) is 7.90. The molecule has 2 aromatic carbocycles. The number of thioether (sulfide) groups is 1. The molecule has 0 saturated carbocycles. The number of amides is 1. The van der Waals surface area contributed by atoms with Crippen molar-refractivity contribution in [2.45, 2.75) is 24.3 Å². The van der Waals surface area contributed by atoms with Crippen LogP contribution in [0.25, 0.3) is 5.69 Å². The number of anilines is 1. The van der Waals surface area contributed by atoms with Gasteiger partial charge >= 0.3 is 0 Å². The maximum atomic E-state index is 12.5. The monoisotopic (exact) mass is 364 g/mol. The summed E-state index contributed by atoms with van der Waals surface area (Å²) in [7, 11) is 0. The van der Waals surface area contributed by atoms with Crippen LogP contribution in [0.5, 0.6) is 0 Å². The molecule has 8 heteroatoms. The van der Waals surface area contributed by atoms with E-state index < -0.39 is 5.25 Å². The molecule has 1 heterocycles. The van der Waals surface area contributed by atoms with Gasteiger partial charge in [0.2, 0.25) is 11.1 Å². The molecule has 3 aromatic rings. The lowest BCUT2D eigenvalue weighted by molar-refractivity contribution is -0.115. The zero-order valence-corrected chi connectivity index (χ0v) is 15.1. The standard InChI is InChI=1S/C18H16N6OS/c1-12-6-3-4-9-16(12)24-18(21-22-23-24)26-13(2)17(25)20-15-8-5-7-14(10-15)11-19/h3-10,13H,1-2H3,(H,20,25)/t13-/m0/s1. The number of carbonyl (C=O) groups is 1. The minimum absolute atomic E-state index is 0.190. The summed E-state index contributed by atoms with van der Waals surface area (Å²) in [5, 5.41) is 23.7. The number of nitrogens with zero attached hydrogens (tertiary/aromatic N) is 5. The lowest BCUT2D eigenvalue weighted by atomic mass is 10.2. The molecule has 7 nitrogen and oxygen atoms in total. The van der Waals surface area contributed by atoms with E-state index in [1.807, 2.05) is 31.2 Å². The zero-order valence-electron chi connectivity index (χ0n) is 14.2. The second-order valence-corrected chi connectivity index (χ2v) is 6.91. The van der Waals surface area contributed by atoms with E-state index in [2.05, 4.69) is 26.9 Å². The van der Waals surface area contributed by atoms with Crippen molar-refractivity contribution in [3.05, 3.63) is 59.7 Å². The Labute approximate surface area is 155 Å². The van der Waals surface area contributed by atoms with Gasteiger partial charge in [0.15, 0.2) is 0 Å². The van der Waals surface area contributed by atoms with Crippen molar-refractivity contribution in [2.75, 3.05) is 5.32 Å². The average Bonchev–Trinajstić information content (AvgIpc) is 3.10. The molecule has 1 atom stereocenters. The van der Waals surface area contributed by atoms with Crippen LogP contribution in [0.1, 0.15) is 18.1 Å². The highest BCUT2D eigenvalue weighted by atomic mass is 32.2. The summed E-state index contributed by atoms with van der Waals surface area (Å²) >= 11 is 1.27. The van der Waals surface area contributed by atoms with Gasteiger partial charge in [-0.1, -0.05) is 36.0 Å². The van der Waals surface area contributed by atoms with Crippen molar-refractivity contribution in [1.29, 1.82) is 5.26 Å². The second-order valence-electron chi connectivity index (χ2n) is 5.60. The molecule has 130 valence electrons. The summed E-state index contributed by atoms with van der Waals surface area (Å²) in [6, 6.07) is 16.6. The van der Waals surface area contributed by atoms with Crippen LogP contribution >= 0.6 is 11.8 Å². The SMILES string of the molecule is Cc1ccccc1-n1nnnc1S[C@@H](C)C(=O)Nc1cccc(C#N)c1. The number of hydrogen-bond acceptors (Lipinski definition) is 6. The third-order valence-electron chi connectivity index (χ3n) is 3.70. The second kappa shape index (κ2) is 7.80. The summed E-state index contributed by atoms with van der Waals surface area (Å²) in [4.78, 5) is 12.5. The first kappa shape index (κ1) is 17.6. The lowest BCUT2D eigenvalue weighted by Crippen LogP contribution is -2.23. The fourth-order valence-electron chi connectivity index (χ4n) is 2.33. The van der Waals surface area contributed by atoms with E-state index in [4.69, 9.17) is 5.26 Å². The smallest absolute Gasteiger partial charge is 0.237 e. The molecule has 0 bridgehead atoms. The molecule has 0 unspecified atom stereocenters. The molecular formula is C18H16N6OS. The summed E-state index contributed by atoms with van der Waals surface area (Å²) in [6.07, 6.45) is 0. The minimum atomic E-state index is -0.422. The van der Waals surface area contributed by atoms with E-state index >= 15 is 0 Å². The highest BCUT2D eigenvalue weighted by Crippen LogP contribution is 2.25. The molecule has 3 rings (SSSR count). The van der Waals surface area contributed by atoms with Crippen LogP contribution in [-0.2, 0) is 4.79 Å². The van der Waals surface area contributed by atoms with Crippen LogP contribution in [0.3, 0.4) is 0 Å². The predicted octanol–water partition coefficient (Wildman–Crippen LogP) is 2.96. The van der Waals surface area contributed by atoms with E-state index in [-0.39, 0.29) is 5.91 Å². The Morgan fingerprint density at radius 3 is 2.85 bits per heavy atom. The Morgan fingerprint density at radius 1 is 1.27 bits per heavy atom. The Bertz CT molecular complexity index is 978. The fraction of sp³-hybridized carbons (Fsp3) is 0.167. The maximum Gasteiger partial charge on any atom is 0.237 e. The molecule has 0 aliphatic heterocycles. The van der Waals surface area contributed by atoms with Gasteiger partial charge in [-0.2, -0.15) is 9.94 Å². The van der Waals surface area contributed by atoms with Crippen LogP contribution < -0.4 is 5.32 Å². The Hall–Kier alpha value is -3.18. The normalized spacial score (nSPS) is 11.6. The Kier molecular flexibility index (Phi) is 5.29.